The third-order valence-electron chi connectivity index (χ3n) is 3.87. The van der Waals surface area contributed by atoms with Gasteiger partial charge in [0.25, 0.3) is 0 Å². The van der Waals surface area contributed by atoms with Crippen LogP contribution >= 0.6 is 15.9 Å². The molecule has 1 rings (SSSR count). The summed E-state index contributed by atoms with van der Waals surface area (Å²) in [4.78, 5) is 11.8. The Labute approximate surface area is 123 Å². The number of carbonyl (C=O) groups is 1. The Morgan fingerprint density at radius 2 is 2.16 bits per heavy atom. The molecule has 0 amide bonds. The second-order valence-corrected chi connectivity index (χ2v) is 5.70. The Morgan fingerprint density at radius 3 is 2.63 bits per heavy atom. The number of hydrogen-bond donors (Lipinski definition) is 1. The lowest BCUT2D eigenvalue weighted by Crippen LogP contribution is -2.46. The maximum absolute atomic E-state index is 11.8. The summed E-state index contributed by atoms with van der Waals surface area (Å²) in [5, 5.41) is 0. The van der Waals surface area contributed by atoms with Gasteiger partial charge in [0.15, 0.2) is 0 Å². The second kappa shape index (κ2) is 7.06. The molecule has 0 bridgehead atoms. The summed E-state index contributed by atoms with van der Waals surface area (Å²) in [5.41, 5.74) is 7.04. The van der Waals surface area contributed by atoms with Crippen LogP contribution in [-0.4, -0.2) is 19.1 Å². The quantitative estimate of drug-likeness (QED) is 0.815. The second-order valence-electron chi connectivity index (χ2n) is 4.79. The molecule has 4 heteroatoms. The number of halogens is 1. The van der Waals surface area contributed by atoms with Gasteiger partial charge in [0, 0.05) is 15.9 Å². The van der Waals surface area contributed by atoms with E-state index < -0.39 is 0 Å². The van der Waals surface area contributed by atoms with Crippen molar-refractivity contribution in [1.82, 2.24) is 0 Å². The fraction of sp³-hybridized carbons (Fsp3) is 0.533. The largest absolute Gasteiger partial charge is 0.469 e. The monoisotopic (exact) mass is 327 g/mol. The zero-order valence-electron chi connectivity index (χ0n) is 11.8. The van der Waals surface area contributed by atoms with Gasteiger partial charge < -0.3 is 10.5 Å². The van der Waals surface area contributed by atoms with Crippen LogP contribution in [0.25, 0.3) is 0 Å². The van der Waals surface area contributed by atoms with Crippen molar-refractivity contribution in [2.24, 2.45) is 5.73 Å². The summed E-state index contributed by atoms with van der Waals surface area (Å²) in [6.45, 7) is 4.11. The maximum atomic E-state index is 11.8. The van der Waals surface area contributed by atoms with Gasteiger partial charge in [-0.15, -0.1) is 0 Å². The minimum absolute atomic E-state index is 0.0779. The van der Waals surface area contributed by atoms with Crippen LogP contribution < -0.4 is 5.73 Å². The topological polar surface area (TPSA) is 52.3 Å². The number of hydrogen-bond acceptors (Lipinski definition) is 3. The predicted octanol–water partition coefficient (Wildman–Crippen LogP) is 3.40. The highest BCUT2D eigenvalue weighted by molar-refractivity contribution is 9.10. The lowest BCUT2D eigenvalue weighted by atomic mass is 9.69. The van der Waals surface area contributed by atoms with Crippen LogP contribution in [0.1, 0.15) is 38.7 Å². The minimum Gasteiger partial charge on any atom is -0.469 e. The molecule has 1 aromatic carbocycles. The number of benzene rings is 1. The highest BCUT2D eigenvalue weighted by Gasteiger charge is 2.38. The van der Waals surface area contributed by atoms with E-state index in [4.69, 9.17) is 10.5 Å². The smallest absolute Gasteiger partial charge is 0.306 e. The third kappa shape index (κ3) is 3.57. The first kappa shape index (κ1) is 16.2. The maximum Gasteiger partial charge on any atom is 0.306 e. The zero-order chi connectivity index (χ0) is 14.5. The molecule has 0 saturated heterocycles. The van der Waals surface area contributed by atoms with Crippen LogP contribution in [0.4, 0.5) is 0 Å². The third-order valence-corrected chi connectivity index (χ3v) is 4.36. The number of esters is 1. The van der Waals surface area contributed by atoms with Crippen molar-refractivity contribution >= 4 is 21.9 Å². The van der Waals surface area contributed by atoms with Crippen molar-refractivity contribution in [3.8, 4) is 0 Å². The van der Waals surface area contributed by atoms with Crippen LogP contribution in [0.15, 0.2) is 28.7 Å². The fourth-order valence-electron chi connectivity index (χ4n) is 2.56. The van der Waals surface area contributed by atoms with E-state index in [-0.39, 0.29) is 17.4 Å². The molecule has 0 heterocycles. The highest BCUT2D eigenvalue weighted by atomic mass is 79.9. The fourth-order valence-corrected chi connectivity index (χ4v) is 2.96. The standard InChI is InChI=1S/C15H22BrNO2/c1-4-13(17)15(5-2,10-14(18)19-3)11-7-6-8-12(16)9-11/h6-9,13H,4-5,10,17H2,1-3H3. The van der Waals surface area contributed by atoms with E-state index in [9.17, 15) is 4.79 Å². The molecule has 0 aromatic heterocycles. The number of carbonyl (C=O) groups excluding carboxylic acids is 1. The SMILES string of the molecule is CCC(N)C(CC)(CC(=O)OC)c1cccc(Br)c1. The molecule has 2 unspecified atom stereocenters. The molecule has 106 valence electrons. The lowest BCUT2D eigenvalue weighted by molar-refractivity contribution is -0.142. The minimum atomic E-state index is -0.369. The van der Waals surface area contributed by atoms with Gasteiger partial charge in [0.1, 0.15) is 0 Å². The van der Waals surface area contributed by atoms with E-state index in [1.165, 1.54) is 7.11 Å². The molecule has 3 nitrogen and oxygen atoms in total. The van der Waals surface area contributed by atoms with Crippen LogP contribution in [-0.2, 0) is 14.9 Å². The molecule has 0 fully saturated rings. The molecule has 1 aromatic rings. The van der Waals surface area contributed by atoms with Crippen molar-refractivity contribution in [3.63, 3.8) is 0 Å². The van der Waals surface area contributed by atoms with Gasteiger partial charge in [-0.05, 0) is 30.5 Å². The number of methoxy groups -OCH3 is 1. The number of nitrogens with two attached hydrogens (primary N) is 1. The molecule has 2 N–H and O–H groups in total. The Hall–Kier alpha value is -0.870. The van der Waals surface area contributed by atoms with Crippen molar-refractivity contribution in [1.29, 1.82) is 0 Å². The Balaban J connectivity index is 3.27. The first-order valence-corrected chi connectivity index (χ1v) is 7.37. The van der Waals surface area contributed by atoms with E-state index in [1.54, 1.807) is 0 Å². The van der Waals surface area contributed by atoms with Crippen LogP contribution in [0.2, 0.25) is 0 Å². The predicted molar refractivity (Wildman–Crippen MR) is 81.0 cm³/mol. The van der Waals surface area contributed by atoms with E-state index in [0.29, 0.717) is 6.42 Å². The van der Waals surface area contributed by atoms with Crippen molar-refractivity contribution in [2.75, 3.05) is 7.11 Å². The summed E-state index contributed by atoms with van der Waals surface area (Å²) in [7, 11) is 1.42. The van der Waals surface area contributed by atoms with Crippen molar-refractivity contribution in [3.05, 3.63) is 34.3 Å². The molecular weight excluding hydrogens is 306 g/mol. The number of rotatable bonds is 6. The first-order valence-electron chi connectivity index (χ1n) is 6.58. The summed E-state index contributed by atoms with van der Waals surface area (Å²) < 4.78 is 5.84. The van der Waals surface area contributed by atoms with Gasteiger partial charge in [-0.1, -0.05) is 41.9 Å². The van der Waals surface area contributed by atoms with E-state index in [0.717, 1.165) is 22.9 Å². The van der Waals surface area contributed by atoms with Gasteiger partial charge in [-0.25, -0.2) is 0 Å². The van der Waals surface area contributed by atoms with Gasteiger partial charge in [0.05, 0.1) is 13.5 Å². The van der Waals surface area contributed by atoms with Crippen molar-refractivity contribution < 1.29 is 9.53 Å². The molecule has 0 aliphatic carbocycles. The molecule has 0 spiro atoms. The highest BCUT2D eigenvalue weighted by Crippen LogP contribution is 2.37. The average Bonchev–Trinajstić information content (AvgIpc) is 2.43. The first-order chi connectivity index (χ1) is 9.00. The van der Waals surface area contributed by atoms with E-state index >= 15 is 0 Å². The molecule has 0 aliphatic heterocycles. The van der Waals surface area contributed by atoms with Crippen LogP contribution in [0.5, 0.6) is 0 Å². The van der Waals surface area contributed by atoms with Crippen LogP contribution in [0, 0.1) is 0 Å². The molecule has 19 heavy (non-hydrogen) atoms. The molecule has 0 saturated carbocycles. The van der Waals surface area contributed by atoms with Crippen molar-refractivity contribution in [2.45, 2.75) is 44.6 Å². The molecular formula is C15H22BrNO2. The normalized spacial score (nSPS) is 15.6. The van der Waals surface area contributed by atoms with E-state index in [1.807, 2.05) is 31.2 Å². The summed E-state index contributed by atoms with van der Waals surface area (Å²) in [5.74, 6) is -0.217. The zero-order valence-corrected chi connectivity index (χ0v) is 13.4. The Morgan fingerprint density at radius 1 is 1.47 bits per heavy atom. The van der Waals surface area contributed by atoms with Gasteiger partial charge in [0.2, 0.25) is 0 Å². The van der Waals surface area contributed by atoms with Crippen LogP contribution in [0.3, 0.4) is 0 Å². The lowest BCUT2D eigenvalue weighted by Gasteiger charge is -2.38. The average molecular weight is 328 g/mol. The number of ether oxygens (including phenoxy) is 1. The summed E-state index contributed by atoms with van der Waals surface area (Å²) in [6, 6.07) is 7.95. The van der Waals surface area contributed by atoms with Gasteiger partial charge >= 0.3 is 5.97 Å². The Kier molecular flexibility index (Phi) is 6.01. The summed E-state index contributed by atoms with van der Waals surface area (Å²) >= 11 is 3.48. The van der Waals surface area contributed by atoms with Gasteiger partial charge in [-0.3, -0.25) is 4.79 Å². The van der Waals surface area contributed by atoms with Gasteiger partial charge in [-0.2, -0.15) is 0 Å². The Bertz CT molecular complexity index is 436. The molecule has 0 radical (unpaired) electrons. The summed E-state index contributed by atoms with van der Waals surface area (Å²) in [6.07, 6.45) is 1.93. The molecule has 0 aliphatic rings. The molecule has 2 atom stereocenters. The van der Waals surface area contributed by atoms with E-state index in [2.05, 4.69) is 22.9 Å².